The molecule has 0 unspecified atom stereocenters. The Bertz CT molecular complexity index is 443. The average molecular weight is 281 g/mol. The molecular weight excluding hydrogens is 258 g/mol. The smallest absolute Gasteiger partial charge is 0.222 e. The van der Waals surface area contributed by atoms with Gasteiger partial charge in [0.15, 0.2) is 0 Å². The summed E-state index contributed by atoms with van der Waals surface area (Å²) in [6.07, 6.45) is 0.466. The van der Waals surface area contributed by atoms with Crippen LogP contribution in [0.5, 0.6) is 11.5 Å². The minimum atomic E-state index is -0.612. The molecule has 1 amide bonds. The molecule has 0 fully saturated rings. The summed E-state index contributed by atoms with van der Waals surface area (Å²) in [4.78, 5) is 13.0. The van der Waals surface area contributed by atoms with Crippen LogP contribution in [0, 0.1) is 0 Å². The minimum absolute atomic E-state index is 0.0787. The van der Waals surface area contributed by atoms with Crippen molar-refractivity contribution in [3.8, 4) is 11.5 Å². The van der Waals surface area contributed by atoms with Crippen molar-refractivity contribution in [2.24, 2.45) is 0 Å². The fourth-order valence-corrected chi connectivity index (χ4v) is 1.74. The molecule has 0 saturated heterocycles. The van der Waals surface area contributed by atoms with Crippen molar-refractivity contribution in [2.75, 3.05) is 27.8 Å². The Kier molecular flexibility index (Phi) is 6.31. The molecule has 0 aliphatic rings. The summed E-state index contributed by atoms with van der Waals surface area (Å²) in [6.45, 7) is 2.11. The minimum Gasteiger partial charge on any atom is -0.497 e. The first-order valence-corrected chi connectivity index (χ1v) is 6.64. The van der Waals surface area contributed by atoms with E-state index in [1.807, 2.05) is 0 Å². The number of carbonyl (C=O) groups is 1. The Morgan fingerprint density at radius 1 is 1.40 bits per heavy atom. The first-order valence-electron chi connectivity index (χ1n) is 6.64. The van der Waals surface area contributed by atoms with E-state index < -0.39 is 6.10 Å². The highest BCUT2D eigenvalue weighted by Gasteiger charge is 2.11. The first kappa shape index (κ1) is 16.3. The summed E-state index contributed by atoms with van der Waals surface area (Å²) in [5.41, 5.74) is 0.713. The van der Waals surface area contributed by atoms with Crippen molar-refractivity contribution in [3.05, 3.63) is 23.8 Å². The molecule has 1 aromatic rings. The molecule has 5 heteroatoms. The predicted octanol–water partition coefficient (Wildman–Crippen LogP) is 2.00. The topological polar surface area (TPSA) is 59.0 Å². The van der Waals surface area contributed by atoms with Gasteiger partial charge >= 0.3 is 0 Å². The standard InChI is InChI=1S/C15H23NO4/c1-11(17)13-8-7-12(19-4)10-14(13)20-9-5-6-15(18)16(2)3/h7-8,10-11,17H,5-6,9H2,1-4H3/t11-/m1/s1. The van der Waals surface area contributed by atoms with E-state index in [-0.39, 0.29) is 5.91 Å². The highest BCUT2D eigenvalue weighted by atomic mass is 16.5. The molecule has 1 rings (SSSR count). The molecule has 0 aliphatic carbocycles. The second-order valence-corrected chi connectivity index (χ2v) is 4.82. The number of aliphatic hydroxyl groups is 1. The summed E-state index contributed by atoms with van der Waals surface area (Å²) in [5, 5.41) is 9.70. The number of amides is 1. The molecule has 0 bridgehead atoms. The van der Waals surface area contributed by atoms with Crippen LogP contribution < -0.4 is 9.47 Å². The maximum atomic E-state index is 11.4. The molecule has 1 atom stereocenters. The number of ether oxygens (including phenoxy) is 2. The third-order valence-corrected chi connectivity index (χ3v) is 2.96. The van der Waals surface area contributed by atoms with Gasteiger partial charge in [-0.1, -0.05) is 0 Å². The second-order valence-electron chi connectivity index (χ2n) is 4.82. The molecule has 0 saturated carbocycles. The van der Waals surface area contributed by atoms with E-state index in [9.17, 15) is 9.90 Å². The van der Waals surface area contributed by atoms with Gasteiger partial charge in [-0.15, -0.1) is 0 Å². The summed E-state index contributed by atoms with van der Waals surface area (Å²) in [5.74, 6) is 1.35. The molecule has 20 heavy (non-hydrogen) atoms. The van der Waals surface area contributed by atoms with Gasteiger partial charge in [0.2, 0.25) is 5.91 Å². The number of hydrogen-bond donors (Lipinski definition) is 1. The van der Waals surface area contributed by atoms with E-state index in [4.69, 9.17) is 9.47 Å². The Hall–Kier alpha value is -1.75. The second kappa shape index (κ2) is 7.75. The summed E-state index contributed by atoms with van der Waals surface area (Å²) in [7, 11) is 5.05. The molecule has 112 valence electrons. The maximum absolute atomic E-state index is 11.4. The summed E-state index contributed by atoms with van der Waals surface area (Å²) in [6, 6.07) is 5.31. The molecule has 1 aromatic carbocycles. The van der Waals surface area contributed by atoms with E-state index >= 15 is 0 Å². The highest BCUT2D eigenvalue weighted by molar-refractivity contribution is 5.75. The lowest BCUT2D eigenvalue weighted by Crippen LogP contribution is -2.21. The van der Waals surface area contributed by atoms with Crippen LogP contribution in [0.15, 0.2) is 18.2 Å². The average Bonchev–Trinajstić information content (AvgIpc) is 2.42. The summed E-state index contributed by atoms with van der Waals surface area (Å²) >= 11 is 0. The van der Waals surface area contributed by atoms with Crippen molar-refractivity contribution < 1.29 is 19.4 Å². The van der Waals surface area contributed by atoms with Gasteiger partial charge in [0.1, 0.15) is 11.5 Å². The van der Waals surface area contributed by atoms with Gasteiger partial charge in [-0.3, -0.25) is 4.79 Å². The molecular formula is C15H23NO4. The van der Waals surface area contributed by atoms with E-state index in [1.165, 1.54) is 0 Å². The lowest BCUT2D eigenvalue weighted by atomic mass is 10.1. The predicted molar refractivity (Wildman–Crippen MR) is 77.1 cm³/mol. The van der Waals surface area contributed by atoms with Gasteiger partial charge in [-0.05, 0) is 25.5 Å². The van der Waals surface area contributed by atoms with Gasteiger partial charge in [0.05, 0.1) is 19.8 Å². The Labute approximate surface area is 120 Å². The fourth-order valence-electron chi connectivity index (χ4n) is 1.74. The Balaban J connectivity index is 2.59. The zero-order valence-corrected chi connectivity index (χ0v) is 12.5. The van der Waals surface area contributed by atoms with Crippen molar-refractivity contribution in [2.45, 2.75) is 25.9 Å². The molecule has 0 heterocycles. The molecule has 0 aromatic heterocycles. The highest BCUT2D eigenvalue weighted by Crippen LogP contribution is 2.29. The molecule has 1 N–H and O–H groups in total. The van der Waals surface area contributed by atoms with E-state index in [0.717, 1.165) is 0 Å². The third-order valence-electron chi connectivity index (χ3n) is 2.96. The first-order chi connectivity index (χ1) is 9.45. The zero-order valence-electron chi connectivity index (χ0n) is 12.5. The molecule has 5 nitrogen and oxygen atoms in total. The number of aliphatic hydroxyl groups excluding tert-OH is 1. The van der Waals surface area contributed by atoms with Crippen molar-refractivity contribution >= 4 is 5.91 Å². The Morgan fingerprint density at radius 3 is 2.65 bits per heavy atom. The van der Waals surface area contributed by atoms with Crippen LogP contribution in [-0.4, -0.2) is 43.7 Å². The number of rotatable bonds is 7. The van der Waals surface area contributed by atoms with E-state index in [0.29, 0.717) is 36.5 Å². The van der Waals surface area contributed by atoms with Gasteiger partial charge < -0.3 is 19.5 Å². The number of methoxy groups -OCH3 is 1. The Morgan fingerprint density at radius 2 is 2.10 bits per heavy atom. The van der Waals surface area contributed by atoms with Crippen molar-refractivity contribution in [1.82, 2.24) is 4.90 Å². The van der Waals surface area contributed by atoms with E-state index in [2.05, 4.69) is 0 Å². The quantitative estimate of drug-likeness (QED) is 0.777. The van der Waals surface area contributed by atoms with Crippen molar-refractivity contribution in [3.63, 3.8) is 0 Å². The lowest BCUT2D eigenvalue weighted by molar-refractivity contribution is -0.128. The van der Waals surface area contributed by atoms with Crippen LogP contribution in [0.3, 0.4) is 0 Å². The van der Waals surface area contributed by atoms with Crippen LogP contribution in [0.25, 0.3) is 0 Å². The van der Waals surface area contributed by atoms with E-state index in [1.54, 1.807) is 51.2 Å². The lowest BCUT2D eigenvalue weighted by Gasteiger charge is -2.15. The molecule has 0 aliphatic heterocycles. The monoisotopic (exact) mass is 281 g/mol. The number of hydrogen-bond acceptors (Lipinski definition) is 4. The van der Waals surface area contributed by atoms with Gasteiger partial charge in [0, 0.05) is 32.1 Å². The maximum Gasteiger partial charge on any atom is 0.222 e. The normalized spacial score (nSPS) is 11.8. The number of carbonyl (C=O) groups excluding carboxylic acids is 1. The van der Waals surface area contributed by atoms with Gasteiger partial charge in [-0.2, -0.15) is 0 Å². The van der Waals surface area contributed by atoms with Crippen molar-refractivity contribution in [1.29, 1.82) is 0 Å². The molecule has 0 radical (unpaired) electrons. The SMILES string of the molecule is COc1ccc([C@@H](C)O)c(OCCCC(=O)N(C)C)c1. The largest absolute Gasteiger partial charge is 0.497 e. The number of benzene rings is 1. The van der Waals surface area contributed by atoms with Crippen LogP contribution in [0.4, 0.5) is 0 Å². The van der Waals surface area contributed by atoms with Crippen LogP contribution in [-0.2, 0) is 4.79 Å². The molecule has 0 spiro atoms. The summed E-state index contributed by atoms with van der Waals surface area (Å²) < 4.78 is 10.8. The van der Waals surface area contributed by atoms with Crippen LogP contribution in [0.2, 0.25) is 0 Å². The zero-order chi connectivity index (χ0) is 15.1. The third kappa shape index (κ3) is 4.74. The van der Waals surface area contributed by atoms with Gasteiger partial charge in [-0.25, -0.2) is 0 Å². The fraction of sp³-hybridized carbons (Fsp3) is 0.533. The van der Waals surface area contributed by atoms with Crippen LogP contribution in [0.1, 0.15) is 31.4 Å². The van der Waals surface area contributed by atoms with Crippen LogP contribution >= 0.6 is 0 Å². The van der Waals surface area contributed by atoms with Gasteiger partial charge in [0.25, 0.3) is 0 Å². The number of nitrogens with zero attached hydrogens (tertiary/aromatic N) is 1.